The molecule has 1 heterocycles. The number of primary amides is 1. The fourth-order valence-electron chi connectivity index (χ4n) is 1.72. The molecule has 0 aliphatic rings. The highest BCUT2D eigenvalue weighted by Gasteiger charge is 2.19. The summed E-state index contributed by atoms with van der Waals surface area (Å²) in [5, 5.41) is 8.22. The van der Waals surface area contributed by atoms with E-state index in [2.05, 4.69) is 31.1 Å². The predicted molar refractivity (Wildman–Crippen MR) is 68.0 cm³/mol. The third-order valence-corrected chi connectivity index (χ3v) is 3.11. The van der Waals surface area contributed by atoms with Crippen LogP contribution in [0.15, 0.2) is 0 Å². The van der Waals surface area contributed by atoms with E-state index in [1.165, 1.54) is 0 Å². The van der Waals surface area contributed by atoms with Crippen molar-refractivity contribution in [2.75, 3.05) is 13.7 Å². The van der Waals surface area contributed by atoms with Crippen molar-refractivity contribution in [1.29, 1.82) is 0 Å². The van der Waals surface area contributed by atoms with Gasteiger partial charge in [-0.1, -0.05) is 19.1 Å². The number of rotatable bonds is 7. The normalized spacial score (nSPS) is 12.9. The molecule has 1 rings (SSSR count). The molecule has 1 unspecified atom stereocenters. The number of hydrogen-bond donors (Lipinski definition) is 1. The number of methoxy groups -OCH3 is 1. The van der Waals surface area contributed by atoms with Crippen LogP contribution in [0.4, 0.5) is 0 Å². The lowest BCUT2D eigenvalue weighted by Crippen LogP contribution is -2.19. The highest BCUT2D eigenvalue weighted by atomic mass is 16.5. The van der Waals surface area contributed by atoms with E-state index in [9.17, 15) is 4.79 Å². The van der Waals surface area contributed by atoms with Gasteiger partial charge in [0, 0.05) is 13.5 Å². The van der Waals surface area contributed by atoms with Crippen LogP contribution >= 0.6 is 0 Å². The third-order valence-electron chi connectivity index (χ3n) is 3.11. The summed E-state index contributed by atoms with van der Waals surface area (Å²) < 4.78 is 6.96. The highest BCUT2D eigenvalue weighted by molar-refractivity contribution is 5.76. The quantitative estimate of drug-likeness (QED) is 0.777. The number of aromatic nitrogens is 3. The third kappa shape index (κ3) is 3.53. The minimum atomic E-state index is -0.391. The zero-order chi connectivity index (χ0) is 13.7. The van der Waals surface area contributed by atoms with Gasteiger partial charge in [-0.15, -0.1) is 5.10 Å². The zero-order valence-electron chi connectivity index (χ0n) is 11.5. The van der Waals surface area contributed by atoms with Gasteiger partial charge in [-0.3, -0.25) is 4.79 Å². The average Bonchev–Trinajstić information content (AvgIpc) is 2.67. The molecule has 1 aromatic heterocycles. The molecule has 0 saturated carbocycles. The van der Waals surface area contributed by atoms with Gasteiger partial charge < -0.3 is 10.5 Å². The van der Waals surface area contributed by atoms with Crippen molar-refractivity contribution < 1.29 is 9.53 Å². The predicted octanol–water partition coefficient (Wildman–Crippen LogP) is 0.712. The fourth-order valence-corrected chi connectivity index (χ4v) is 1.72. The number of carbonyl (C=O) groups excluding carboxylic acids is 1. The first-order valence-electron chi connectivity index (χ1n) is 6.17. The van der Waals surface area contributed by atoms with Gasteiger partial charge in [-0.25, -0.2) is 4.68 Å². The van der Waals surface area contributed by atoms with Gasteiger partial charge in [0.15, 0.2) is 0 Å². The molecule has 102 valence electrons. The van der Waals surface area contributed by atoms with Crippen LogP contribution in [0.5, 0.6) is 0 Å². The van der Waals surface area contributed by atoms with Crippen molar-refractivity contribution >= 4 is 5.91 Å². The lowest BCUT2D eigenvalue weighted by Gasteiger charge is -2.18. The summed E-state index contributed by atoms with van der Waals surface area (Å²) in [5.41, 5.74) is 6.82. The van der Waals surface area contributed by atoms with Crippen molar-refractivity contribution in [2.45, 2.75) is 39.7 Å². The number of nitrogens with zero attached hydrogens (tertiary/aromatic N) is 3. The number of nitrogens with two attached hydrogens (primary N) is 1. The standard InChI is InChI=1S/C12H22N4O2/c1-8(2)9(3)16-11(5-6-18-4)10(14-15-16)7-12(13)17/h8-9H,5-7H2,1-4H3,(H2,13,17). The highest BCUT2D eigenvalue weighted by Crippen LogP contribution is 2.20. The molecule has 0 spiro atoms. The molecule has 0 aliphatic heterocycles. The van der Waals surface area contributed by atoms with Crippen LogP contribution in [0.25, 0.3) is 0 Å². The minimum absolute atomic E-state index is 0.129. The van der Waals surface area contributed by atoms with Crippen LogP contribution in [0.2, 0.25) is 0 Å². The second-order valence-corrected chi connectivity index (χ2v) is 4.80. The van der Waals surface area contributed by atoms with Gasteiger partial charge in [0.05, 0.1) is 30.5 Å². The number of hydrogen-bond acceptors (Lipinski definition) is 4. The second kappa shape index (κ2) is 6.49. The monoisotopic (exact) mass is 254 g/mol. The summed E-state index contributed by atoms with van der Waals surface area (Å²) in [4.78, 5) is 11.0. The Kier molecular flexibility index (Phi) is 5.27. The Labute approximate surface area is 107 Å². The van der Waals surface area contributed by atoms with Crippen molar-refractivity contribution in [3.8, 4) is 0 Å². The van der Waals surface area contributed by atoms with E-state index in [0.29, 0.717) is 24.6 Å². The maximum absolute atomic E-state index is 11.0. The maximum atomic E-state index is 11.0. The van der Waals surface area contributed by atoms with E-state index in [-0.39, 0.29) is 12.5 Å². The van der Waals surface area contributed by atoms with E-state index in [1.807, 2.05) is 4.68 Å². The SMILES string of the molecule is COCCc1c(CC(N)=O)nnn1C(C)C(C)C. The molecule has 1 atom stereocenters. The molecule has 0 radical (unpaired) electrons. The molecule has 18 heavy (non-hydrogen) atoms. The van der Waals surface area contributed by atoms with E-state index in [0.717, 1.165) is 5.69 Å². The van der Waals surface area contributed by atoms with Gasteiger partial charge in [0.25, 0.3) is 0 Å². The first kappa shape index (κ1) is 14.6. The Morgan fingerprint density at radius 1 is 1.44 bits per heavy atom. The Balaban J connectivity index is 3.02. The molecule has 6 heteroatoms. The Morgan fingerprint density at radius 3 is 2.61 bits per heavy atom. The molecule has 0 fully saturated rings. The van der Waals surface area contributed by atoms with Crippen molar-refractivity contribution in [3.05, 3.63) is 11.4 Å². The van der Waals surface area contributed by atoms with Crippen LogP contribution in [-0.4, -0.2) is 34.6 Å². The molecular weight excluding hydrogens is 232 g/mol. The Hall–Kier alpha value is -1.43. The summed E-state index contributed by atoms with van der Waals surface area (Å²) in [7, 11) is 1.65. The Morgan fingerprint density at radius 2 is 2.11 bits per heavy atom. The van der Waals surface area contributed by atoms with Gasteiger partial charge >= 0.3 is 0 Å². The average molecular weight is 254 g/mol. The maximum Gasteiger partial charge on any atom is 0.223 e. The summed E-state index contributed by atoms with van der Waals surface area (Å²) in [5.74, 6) is 0.0485. The molecule has 0 bridgehead atoms. The topological polar surface area (TPSA) is 83.0 Å². The van der Waals surface area contributed by atoms with E-state index >= 15 is 0 Å². The lowest BCUT2D eigenvalue weighted by molar-refractivity contribution is -0.117. The molecular formula is C12H22N4O2. The van der Waals surface area contributed by atoms with Crippen LogP contribution in [0.3, 0.4) is 0 Å². The Bertz CT molecular complexity index is 401. The van der Waals surface area contributed by atoms with Crippen molar-refractivity contribution in [1.82, 2.24) is 15.0 Å². The lowest BCUT2D eigenvalue weighted by atomic mass is 10.1. The first-order valence-corrected chi connectivity index (χ1v) is 6.17. The number of amides is 1. The zero-order valence-corrected chi connectivity index (χ0v) is 11.5. The molecule has 0 aliphatic carbocycles. The van der Waals surface area contributed by atoms with Crippen molar-refractivity contribution in [3.63, 3.8) is 0 Å². The van der Waals surface area contributed by atoms with Crippen LogP contribution in [0.1, 0.15) is 38.2 Å². The largest absolute Gasteiger partial charge is 0.384 e. The van der Waals surface area contributed by atoms with Gasteiger partial charge in [0.2, 0.25) is 5.91 Å². The summed E-state index contributed by atoms with van der Waals surface area (Å²) in [6, 6.07) is 0.228. The number of ether oxygens (including phenoxy) is 1. The summed E-state index contributed by atoms with van der Waals surface area (Å²) in [6.07, 6.45) is 0.813. The van der Waals surface area contributed by atoms with Crippen LogP contribution in [-0.2, 0) is 22.4 Å². The van der Waals surface area contributed by atoms with Crippen LogP contribution in [0, 0.1) is 5.92 Å². The van der Waals surface area contributed by atoms with Gasteiger partial charge in [0.1, 0.15) is 0 Å². The number of carbonyl (C=O) groups is 1. The molecule has 2 N–H and O–H groups in total. The van der Waals surface area contributed by atoms with Gasteiger partial charge in [-0.05, 0) is 12.8 Å². The minimum Gasteiger partial charge on any atom is -0.384 e. The molecule has 0 saturated heterocycles. The molecule has 0 aromatic carbocycles. The smallest absolute Gasteiger partial charge is 0.223 e. The molecule has 6 nitrogen and oxygen atoms in total. The second-order valence-electron chi connectivity index (χ2n) is 4.80. The summed E-state index contributed by atoms with van der Waals surface area (Å²) in [6.45, 7) is 6.91. The fraction of sp³-hybridized carbons (Fsp3) is 0.750. The van der Waals surface area contributed by atoms with Crippen molar-refractivity contribution in [2.24, 2.45) is 11.7 Å². The first-order chi connectivity index (χ1) is 8.47. The van der Waals surface area contributed by atoms with E-state index in [4.69, 9.17) is 10.5 Å². The van der Waals surface area contributed by atoms with Gasteiger partial charge in [-0.2, -0.15) is 0 Å². The molecule has 1 aromatic rings. The summed E-state index contributed by atoms with van der Waals surface area (Å²) >= 11 is 0. The molecule has 1 amide bonds. The van der Waals surface area contributed by atoms with E-state index < -0.39 is 5.91 Å². The van der Waals surface area contributed by atoms with E-state index in [1.54, 1.807) is 7.11 Å². The van der Waals surface area contributed by atoms with Crippen LogP contribution < -0.4 is 5.73 Å².